The fraction of sp³-hybridized carbons (Fsp3) is 0.462. The molecule has 0 bridgehead atoms. The van der Waals surface area contributed by atoms with Crippen molar-refractivity contribution >= 4 is 5.91 Å². The normalized spacial score (nSPS) is 18.3. The molecule has 1 aliphatic carbocycles. The zero-order valence-corrected chi connectivity index (χ0v) is 10.2. The summed E-state index contributed by atoms with van der Waals surface area (Å²) in [5.74, 6) is 0.727. The molecule has 0 heterocycles. The van der Waals surface area contributed by atoms with Gasteiger partial charge in [0.2, 0.25) is 5.91 Å². The van der Waals surface area contributed by atoms with Crippen molar-refractivity contribution in [3.63, 3.8) is 0 Å². The molecule has 1 fully saturated rings. The molecule has 1 amide bonds. The minimum Gasteiger partial charge on any atom is -0.497 e. The summed E-state index contributed by atoms with van der Waals surface area (Å²) in [5, 5.41) is 2.93. The summed E-state index contributed by atoms with van der Waals surface area (Å²) in [7, 11) is 1.63. The highest BCUT2D eigenvalue weighted by Crippen LogP contribution is 2.33. The van der Waals surface area contributed by atoms with Crippen LogP contribution in [0.1, 0.15) is 31.4 Å². The first kappa shape index (κ1) is 11.9. The van der Waals surface area contributed by atoms with Gasteiger partial charge in [0.25, 0.3) is 0 Å². The van der Waals surface area contributed by atoms with Gasteiger partial charge in [-0.15, -0.1) is 0 Å². The Morgan fingerprint density at radius 1 is 1.53 bits per heavy atom. The second-order valence-electron chi connectivity index (χ2n) is 4.63. The lowest BCUT2D eigenvalue weighted by atomic mass is 10.1. The first-order valence-electron chi connectivity index (χ1n) is 5.79. The highest BCUT2D eigenvalue weighted by atomic mass is 16.5. The quantitative estimate of drug-likeness (QED) is 0.826. The molecule has 2 rings (SSSR count). The van der Waals surface area contributed by atoms with Crippen molar-refractivity contribution in [3.05, 3.63) is 29.8 Å². The van der Waals surface area contributed by atoms with E-state index in [-0.39, 0.29) is 11.9 Å². The summed E-state index contributed by atoms with van der Waals surface area (Å²) in [5.41, 5.74) is 6.23. The second kappa shape index (κ2) is 4.37. The van der Waals surface area contributed by atoms with E-state index in [9.17, 15) is 4.79 Å². The van der Waals surface area contributed by atoms with Crippen LogP contribution >= 0.6 is 0 Å². The van der Waals surface area contributed by atoms with Gasteiger partial charge in [-0.3, -0.25) is 4.79 Å². The predicted octanol–water partition coefficient (Wildman–Crippen LogP) is 1.36. The van der Waals surface area contributed by atoms with E-state index < -0.39 is 5.54 Å². The molecule has 0 aromatic heterocycles. The molecule has 1 aliphatic rings. The van der Waals surface area contributed by atoms with Crippen molar-refractivity contribution in [1.29, 1.82) is 0 Å². The van der Waals surface area contributed by atoms with Gasteiger partial charge in [-0.1, -0.05) is 12.1 Å². The standard InChI is InChI=1S/C13H18N2O2/c1-9(15-12(16)13(14)6-7-13)10-4-3-5-11(8-10)17-2/h3-5,8-9H,6-7,14H2,1-2H3,(H,15,16). The molecular weight excluding hydrogens is 216 g/mol. The Kier molecular flexibility index (Phi) is 3.07. The number of rotatable bonds is 4. The highest BCUT2D eigenvalue weighted by Gasteiger charge is 2.46. The molecule has 3 N–H and O–H groups in total. The molecule has 0 aliphatic heterocycles. The third-order valence-corrected chi connectivity index (χ3v) is 3.18. The Bertz CT molecular complexity index is 427. The van der Waals surface area contributed by atoms with Gasteiger partial charge >= 0.3 is 0 Å². The van der Waals surface area contributed by atoms with Crippen molar-refractivity contribution in [1.82, 2.24) is 5.32 Å². The van der Waals surface area contributed by atoms with E-state index in [0.717, 1.165) is 24.2 Å². The van der Waals surface area contributed by atoms with Crippen LogP contribution in [0.4, 0.5) is 0 Å². The lowest BCUT2D eigenvalue weighted by Gasteiger charge is -2.17. The van der Waals surface area contributed by atoms with Crippen LogP contribution in [-0.2, 0) is 4.79 Å². The summed E-state index contributed by atoms with van der Waals surface area (Å²) >= 11 is 0. The van der Waals surface area contributed by atoms with Crippen molar-refractivity contribution in [3.8, 4) is 5.75 Å². The molecule has 0 spiro atoms. The number of carbonyl (C=O) groups is 1. The molecule has 0 saturated heterocycles. The van der Waals surface area contributed by atoms with Gasteiger partial charge in [0, 0.05) is 0 Å². The predicted molar refractivity (Wildman–Crippen MR) is 65.7 cm³/mol. The molecular formula is C13H18N2O2. The fourth-order valence-corrected chi connectivity index (χ4v) is 1.70. The summed E-state index contributed by atoms with van der Waals surface area (Å²) in [6.45, 7) is 1.94. The molecule has 4 nitrogen and oxygen atoms in total. The first-order valence-corrected chi connectivity index (χ1v) is 5.79. The number of hydrogen-bond acceptors (Lipinski definition) is 3. The van der Waals surface area contributed by atoms with Crippen LogP contribution in [0.15, 0.2) is 24.3 Å². The van der Waals surface area contributed by atoms with E-state index in [2.05, 4.69) is 5.32 Å². The van der Waals surface area contributed by atoms with Crippen LogP contribution < -0.4 is 15.8 Å². The summed E-state index contributed by atoms with van der Waals surface area (Å²) < 4.78 is 5.15. The fourth-order valence-electron chi connectivity index (χ4n) is 1.70. The number of methoxy groups -OCH3 is 1. The SMILES string of the molecule is COc1cccc(C(C)NC(=O)C2(N)CC2)c1. The van der Waals surface area contributed by atoms with Crippen LogP contribution in [0.25, 0.3) is 0 Å². The first-order chi connectivity index (χ1) is 8.05. The Balaban J connectivity index is 2.03. The number of nitrogens with two attached hydrogens (primary N) is 1. The summed E-state index contributed by atoms with van der Waals surface area (Å²) in [6.07, 6.45) is 1.56. The van der Waals surface area contributed by atoms with Gasteiger partial charge in [-0.05, 0) is 37.5 Å². The topological polar surface area (TPSA) is 64.3 Å². The van der Waals surface area contributed by atoms with Gasteiger partial charge in [-0.2, -0.15) is 0 Å². The van der Waals surface area contributed by atoms with Crippen molar-refractivity contribution < 1.29 is 9.53 Å². The van der Waals surface area contributed by atoms with Crippen LogP contribution in [-0.4, -0.2) is 18.6 Å². The number of benzene rings is 1. The van der Waals surface area contributed by atoms with Gasteiger partial charge in [0.1, 0.15) is 5.75 Å². The van der Waals surface area contributed by atoms with Gasteiger partial charge in [0.05, 0.1) is 18.7 Å². The second-order valence-corrected chi connectivity index (χ2v) is 4.63. The average Bonchev–Trinajstić information content (AvgIpc) is 3.08. The largest absolute Gasteiger partial charge is 0.497 e. The molecule has 17 heavy (non-hydrogen) atoms. The smallest absolute Gasteiger partial charge is 0.240 e. The monoisotopic (exact) mass is 234 g/mol. The number of nitrogens with one attached hydrogen (secondary N) is 1. The lowest BCUT2D eigenvalue weighted by molar-refractivity contribution is -0.123. The molecule has 1 aromatic rings. The molecule has 92 valence electrons. The Labute approximate surface area is 101 Å². The number of hydrogen-bond donors (Lipinski definition) is 2. The van der Waals surface area contributed by atoms with Crippen LogP contribution in [0.2, 0.25) is 0 Å². The Hall–Kier alpha value is -1.55. The van der Waals surface area contributed by atoms with E-state index in [0.29, 0.717) is 0 Å². The molecule has 1 aromatic carbocycles. The maximum absolute atomic E-state index is 11.8. The Morgan fingerprint density at radius 2 is 2.24 bits per heavy atom. The van der Waals surface area contributed by atoms with Crippen molar-refractivity contribution in [2.75, 3.05) is 7.11 Å². The van der Waals surface area contributed by atoms with Gasteiger partial charge in [-0.25, -0.2) is 0 Å². The Morgan fingerprint density at radius 3 is 2.82 bits per heavy atom. The minimum atomic E-state index is -0.618. The van der Waals surface area contributed by atoms with Crippen LogP contribution in [0.5, 0.6) is 5.75 Å². The summed E-state index contributed by atoms with van der Waals surface area (Å²) in [4.78, 5) is 11.8. The van der Waals surface area contributed by atoms with E-state index in [1.165, 1.54) is 0 Å². The lowest BCUT2D eigenvalue weighted by Crippen LogP contribution is -2.43. The number of amides is 1. The maximum Gasteiger partial charge on any atom is 0.240 e. The van der Waals surface area contributed by atoms with Crippen molar-refractivity contribution in [2.24, 2.45) is 5.73 Å². The molecule has 0 radical (unpaired) electrons. The third-order valence-electron chi connectivity index (χ3n) is 3.18. The molecule has 4 heteroatoms. The van der Waals surface area contributed by atoms with E-state index in [4.69, 9.17) is 10.5 Å². The molecule has 1 saturated carbocycles. The third kappa shape index (κ3) is 2.58. The van der Waals surface area contributed by atoms with E-state index in [1.807, 2.05) is 31.2 Å². The zero-order valence-electron chi connectivity index (χ0n) is 10.2. The van der Waals surface area contributed by atoms with E-state index in [1.54, 1.807) is 7.11 Å². The van der Waals surface area contributed by atoms with Gasteiger partial charge < -0.3 is 15.8 Å². The zero-order chi connectivity index (χ0) is 12.5. The number of ether oxygens (including phenoxy) is 1. The van der Waals surface area contributed by atoms with Crippen LogP contribution in [0.3, 0.4) is 0 Å². The minimum absolute atomic E-state index is 0.0568. The maximum atomic E-state index is 11.8. The van der Waals surface area contributed by atoms with Crippen LogP contribution in [0, 0.1) is 0 Å². The summed E-state index contributed by atoms with van der Waals surface area (Å²) in [6, 6.07) is 7.61. The number of carbonyl (C=O) groups excluding carboxylic acids is 1. The average molecular weight is 234 g/mol. The molecule has 1 atom stereocenters. The molecule has 1 unspecified atom stereocenters. The van der Waals surface area contributed by atoms with Gasteiger partial charge in [0.15, 0.2) is 0 Å². The van der Waals surface area contributed by atoms with E-state index >= 15 is 0 Å². The highest BCUT2D eigenvalue weighted by molar-refractivity contribution is 5.89. The van der Waals surface area contributed by atoms with Crippen molar-refractivity contribution in [2.45, 2.75) is 31.3 Å².